The summed E-state index contributed by atoms with van der Waals surface area (Å²) in [5.74, 6) is -1.84. The predicted molar refractivity (Wildman–Crippen MR) is 96.2 cm³/mol. The molecule has 0 heterocycles. The molecule has 130 valence electrons. The molecule has 0 saturated heterocycles. The van der Waals surface area contributed by atoms with E-state index in [-0.39, 0.29) is 16.3 Å². The van der Waals surface area contributed by atoms with E-state index < -0.39 is 24.3 Å². The molecule has 0 atom stereocenters. The van der Waals surface area contributed by atoms with Crippen molar-refractivity contribution in [2.75, 3.05) is 11.9 Å². The monoisotopic (exact) mass is 381 g/mol. The van der Waals surface area contributed by atoms with E-state index in [1.807, 2.05) is 0 Å². The maximum Gasteiger partial charge on any atom is 0.331 e. The second-order valence-corrected chi connectivity index (χ2v) is 5.85. The fourth-order valence-corrected chi connectivity index (χ4v) is 2.36. The van der Waals surface area contributed by atoms with Gasteiger partial charge < -0.3 is 10.1 Å². The summed E-state index contributed by atoms with van der Waals surface area (Å²) >= 11 is 12.1. The standard InChI is InChI=1S/C18H14Cl2FNO3/c1-11-6-8-13(19)18(17(11)20)22-15(23)10-25-16(24)9-7-12-4-2-3-5-14(12)21/h2-9H,10H2,1H3,(H,22,23)/b9-7+. The van der Waals surface area contributed by atoms with Crippen molar-refractivity contribution in [1.82, 2.24) is 0 Å². The summed E-state index contributed by atoms with van der Waals surface area (Å²) < 4.78 is 18.2. The lowest BCUT2D eigenvalue weighted by Crippen LogP contribution is -2.20. The van der Waals surface area contributed by atoms with Gasteiger partial charge in [-0.15, -0.1) is 0 Å². The highest BCUT2D eigenvalue weighted by molar-refractivity contribution is 6.40. The largest absolute Gasteiger partial charge is 0.452 e. The van der Waals surface area contributed by atoms with E-state index in [4.69, 9.17) is 27.9 Å². The number of rotatable bonds is 5. The van der Waals surface area contributed by atoms with Crippen molar-refractivity contribution < 1.29 is 18.7 Å². The van der Waals surface area contributed by atoms with E-state index in [1.165, 1.54) is 24.3 Å². The van der Waals surface area contributed by atoms with Crippen LogP contribution in [0, 0.1) is 12.7 Å². The van der Waals surface area contributed by atoms with Crippen LogP contribution in [0.5, 0.6) is 0 Å². The zero-order valence-corrected chi connectivity index (χ0v) is 14.7. The number of amides is 1. The van der Waals surface area contributed by atoms with Crippen LogP contribution in [-0.4, -0.2) is 18.5 Å². The number of benzene rings is 2. The molecule has 0 fully saturated rings. The van der Waals surface area contributed by atoms with Gasteiger partial charge in [0.15, 0.2) is 6.61 Å². The molecular weight excluding hydrogens is 368 g/mol. The van der Waals surface area contributed by atoms with Crippen molar-refractivity contribution in [3.05, 3.63) is 69.5 Å². The fourth-order valence-electron chi connectivity index (χ4n) is 1.90. The molecular formula is C18H14Cl2FNO3. The summed E-state index contributed by atoms with van der Waals surface area (Å²) in [5, 5.41) is 3.08. The quantitative estimate of drug-likeness (QED) is 0.606. The number of carbonyl (C=O) groups excluding carboxylic acids is 2. The molecule has 7 heteroatoms. The Morgan fingerprint density at radius 2 is 1.92 bits per heavy atom. The van der Waals surface area contributed by atoms with Gasteiger partial charge in [-0.3, -0.25) is 4.79 Å². The number of aryl methyl sites for hydroxylation is 1. The van der Waals surface area contributed by atoms with E-state index in [9.17, 15) is 14.0 Å². The molecule has 0 unspecified atom stereocenters. The zero-order valence-electron chi connectivity index (χ0n) is 13.2. The van der Waals surface area contributed by atoms with Gasteiger partial charge in [0.2, 0.25) is 0 Å². The van der Waals surface area contributed by atoms with Crippen LogP contribution in [0.2, 0.25) is 10.0 Å². The highest BCUT2D eigenvalue weighted by Gasteiger charge is 2.13. The molecule has 4 nitrogen and oxygen atoms in total. The van der Waals surface area contributed by atoms with E-state index in [0.29, 0.717) is 5.02 Å². The van der Waals surface area contributed by atoms with Crippen LogP contribution in [0.25, 0.3) is 6.08 Å². The fraction of sp³-hybridized carbons (Fsp3) is 0.111. The molecule has 1 amide bonds. The summed E-state index contributed by atoms with van der Waals surface area (Å²) in [6, 6.07) is 9.27. The van der Waals surface area contributed by atoms with Gasteiger partial charge in [-0.2, -0.15) is 0 Å². The van der Waals surface area contributed by atoms with Crippen molar-refractivity contribution in [3.63, 3.8) is 0 Å². The second kappa shape index (κ2) is 8.65. The highest BCUT2D eigenvalue weighted by Crippen LogP contribution is 2.32. The topological polar surface area (TPSA) is 55.4 Å². The molecule has 2 aromatic carbocycles. The van der Waals surface area contributed by atoms with Crippen molar-refractivity contribution in [2.45, 2.75) is 6.92 Å². The van der Waals surface area contributed by atoms with Crippen molar-refractivity contribution in [3.8, 4) is 0 Å². The molecule has 0 aliphatic rings. The minimum atomic E-state index is -0.778. The number of esters is 1. The number of ether oxygens (including phenoxy) is 1. The van der Waals surface area contributed by atoms with Gasteiger partial charge in [0.1, 0.15) is 5.82 Å². The van der Waals surface area contributed by atoms with Crippen LogP contribution in [0.15, 0.2) is 42.5 Å². The summed E-state index contributed by atoms with van der Waals surface area (Å²) in [6.45, 7) is 1.24. The number of halogens is 3. The molecule has 2 aromatic rings. The molecule has 0 aliphatic heterocycles. The van der Waals surface area contributed by atoms with Gasteiger partial charge in [-0.05, 0) is 30.7 Å². The Morgan fingerprint density at radius 1 is 1.20 bits per heavy atom. The Labute approximate surface area is 154 Å². The Hall–Kier alpha value is -2.37. The van der Waals surface area contributed by atoms with E-state index in [2.05, 4.69) is 5.32 Å². The smallest absolute Gasteiger partial charge is 0.331 e. The number of carbonyl (C=O) groups is 2. The first-order chi connectivity index (χ1) is 11.9. The van der Waals surface area contributed by atoms with Crippen molar-refractivity contribution >= 4 is 46.8 Å². The zero-order chi connectivity index (χ0) is 18.4. The molecule has 0 aromatic heterocycles. The lowest BCUT2D eigenvalue weighted by molar-refractivity contribution is -0.142. The minimum absolute atomic E-state index is 0.238. The molecule has 1 N–H and O–H groups in total. The molecule has 0 radical (unpaired) electrons. The third-order valence-electron chi connectivity index (χ3n) is 3.20. The van der Waals surface area contributed by atoms with Gasteiger partial charge in [0.05, 0.1) is 15.7 Å². The Morgan fingerprint density at radius 3 is 2.64 bits per heavy atom. The molecule has 0 saturated carbocycles. The Balaban J connectivity index is 1.91. The van der Waals surface area contributed by atoms with Crippen LogP contribution >= 0.6 is 23.2 Å². The lowest BCUT2D eigenvalue weighted by Gasteiger charge is -2.11. The summed E-state index contributed by atoms with van der Waals surface area (Å²) in [6.07, 6.45) is 2.31. The third kappa shape index (κ3) is 5.31. The van der Waals surface area contributed by atoms with Gasteiger partial charge >= 0.3 is 5.97 Å². The average Bonchev–Trinajstić information content (AvgIpc) is 2.59. The molecule has 0 bridgehead atoms. The SMILES string of the molecule is Cc1ccc(Cl)c(NC(=O)COC(=O)/C=C/c2ccccc2F)c1Cl. The third-order valence-corrected chi connectivity index (χ3v) is 4.00. The lowest BCUT2D eigenvalue weighted by atomic mass is 10.2. The van der Waals surface area contributed by atoms with Crippen LogP contribution in [0.3, 0.4) is 0 Å². The average molecular weight is 382 g/mol. The minimum Gasteiger partial charge on any atom is -0.452 e. The Kier molecular flexibility index (Phi) is 6.56. The normalized spacial score (nSPS) is 10.7. The summed E-state index contributed by atoms with van der Waals surface area (Å²) in [4.78, 5) is 23.5. The van der Waals surface area contributed by atoms with E-state index >= 15 is 0 Å². The predicted octanol–water partition coefficient (Wildman–Crippen LogP) is 4.64. The highest BCUT2D eigenvalue weighted by atomic mass is 35.5. The van der Waals surface area contributed by atoms with Crippen LogP contribution in [0.4, 0.5) is 10.1 Å². The number of nitrogens with one attached hydrogen (secondary N) is 1. The van der Waals surface area contributed by atoms with E-state index in [1.54, 1.807) is 25.1 Å². The van der Waals surface area contributed by atoms with Gasteiger partial charge in [-0.1, -0.05) is 47.5 Å². The van der Waals surface area contributed by atoms with Crippen LogP contribution < -0.4 is 5.32 Å². The molecule has 0 aliphatic carbocycles. The first-order valence-electron chi connectivity index (χ1n) is 7.22. The van der Waals surface area contributed by atoms with E-state index in [0.717, 1.165) is 11.6 Å². The first-order valence-corrected chi connectivity index (χ1v) is 7.98. The Bertz CT molecular complexity index is 837. The maximum atomic E-state index is 13.4. The molecule has 2 rings (SSSR count). The first kappa shape index (κ1) is 19.0. The number of anilines is 1. The van der Waals surface area contributed by atoms with Crippen LogP contribution in [-0.2, 0) is 14.3 Å². The van der Waals surface area contributed by atoms with Crippen molar-refractivity contribution in [2.24, 2.45) is 0 Å². The number of hydrogen-bond acceptors (Lipinski definition) is 3. The van der Waals surface area contributed by atoms with Gasteiger partial charge in [0, 0.05) is 11.6 Å². The van der Waals surface area contributed by atoms with Gasteiger partial charge in [0.25, 0.3) is 5.91 Å². The van der Waals surface area contributed by atoms with Crippen molar-refractivity contribution in [1.29, 1.82) is 0 Å². The molecule has 0 spiro atoms. The summed E-state index contributed by atoms with van der Waals surface area (Å²) in [7, 11) is 0. The molecule has 25 heavy (non-hydrogen) atoms. The maximum absolute atomic E-state index is 13.4. The van der Waals surface area contributed by atoms with Gasteiger partial charge in [-0.25, -0.2) is 9.18 Å². The second-order valence-electron chi connectivity index (χ2n) is 5.06. The summed E-state index contributed by atoms with van der Waals surface area (Å²) in [5.41, 5.74) is 1.24. The number of hydrogen-bond donors (Lipinski definition) is 1. The van der Waals surface area contributed by atoms with Crippen LogP contribution in [0.1, 0.15) is 11.1 Å².